The van der Waals surface area contributed by atoms with Crippen molar-refractivity contribution in [2.45, 2.75) is 32.6 Å². The summed E-state index contributed by atoms with van der Waals surface area (Å²) in [4.78, 5) is 22.2. The summed E-state index contributed by atoms with van der Waals surface area (Å²) in [7, 11) is 0. The molecule has 92 valence electrons. The third kappa shape index (κ3) is 6.51. The molecular formula is C14H19NO2. The highest BCUT2D eigenvalue weighted by Gasteiger charge is 2.02. The standard InChI is InChI=1S/C14H19NO2/c1-12(16)6-5-9-14(17)10-11-15-13-7-3-2-4-8-13/h2-4,7-8,15H,5-6,9-11H2,1H3. The second-order valence-electron chi connectivity index (χ2n) is 4.14. The Balaban J connectivity index is 2.10. The van der Waals surface area contributed by atoms with Gasteiger partial charge in [-0.15, -0.1) is 0 Å². The third-order valence-corrected chi connectivity index (χ3v) is 2.49. The molecule has 0 heterocycles. The van der Waals surface area contributed by atoms with Crippen LogP contribution in [0.25, 0.3) is 0 Å². The number of rotatable bonds is 8. The molecule has 3 heteroatoms. The van der Waals surface area contributed by atoms with E-state index in [4.69, 9.17) is 0 Å². The van der Waals surface area contributed by atoms with Crippen LogP contribution < -0.4 is 5.32 Å². The highest BCUT2D eigenvalue weighted by atomic mass is 16.1. The molecule has 1 aromatic rings. The van der Waals surface area contributed by atoms with Crippen molar-refractivity contribution < 1.29 is 9.59 Å². The van der Waals surface area contributed by atoms with Gasteiger partial charge >= 0.3 is 0 Å². The first-order valence-corrected chi connectivity index (χ1v) is 5.98. The molecule has 0 fully saturated rings. The quantitative estimate of drug-likeness (QED) is 0.751. The molecule has 0 amide bonds. The van der Waals surface area contributed by atoms with Crippen LogP contribution in [0.15, 0.2) is 30.3 Å². The largest absolute Gasteiger partial charge is 0.385 e. The van der Waals surface area contributed by atoms with E-state index in [0.29, 0.717) is 32.2 Å². The molecule has 0 atom stereocenters. The summed E-state index contributed by atoms with van der Waals surface area (Å²) < 4.78 is 0. The van der Waals surface area contributed by atoms with Crippen LogP contribution in [0, 0.1) is 0 Å². The Bertz CT molecular complexity index is 360. The van der Waals surface area contributed by atoms with Crippen molar-refractivity contribution in [3.63, 3.8) is 0 Å². The topological polar surface area (TPSA) is 46.2 Å². The summed E-state index contributed by atoms with van der Waals surface area (Å²) in [6, 6.07) is 9.81. The van der Waals surface area contributed by atoms with Gasteiger partial charge in [0, 0.05) is 31.5 Å². The van der Waals surface area contributed by atoms with Gasteiger partial charge in [-0.2, -0.15) is 0 Å². The maximum atomic E-state index is 11.5. The lowest BCUT2D eigenvalue weighted by Crippen LogP contribution is -2.08. The normalized spacial score (nSPS) is 9.94. The fourth-order valence-corrected chi connectivity index (χ4v) is 1.56. The van der Waals surface area contributed by atoms with Crippen LogP contribution in [0.5, 0.6) is 0 Å². The molecule has 0 aromatic heterocycles. The highest BCUT2D eigenvalue weighted by molar-refractivity contribution is 5.80. The van der Waals surface area contributed by atoms with Gasteiger partial charge in [0.05, 0.1) is 0 Å². The lowest BCUT2D eigenvalue weighted by Gasteiger charge is -2.05. The van der Waals surface area contributed by atoms with E-state index in [1.807, 2.05) is 30.3 Å². The predicted molar refractivity (Wildman–Crippen MR) is 69.1 cm³/mol. The van der Waals surface area contributed by atoms with Gasteiger partial charge in [-0.1, -0.05) is 18.2 Å². The Morgan fingerprint density at radius 3 is 2.41 bits per heavy atom. The number of Topliss-reactive ketones (excluding diaryl/α,β-unsaturated/α-hetero) is 2. The second kappa shape index (κ2) is 7.60. The number of hydrogen-bond donors (Lipinski definition) is 1. The summed E-state index contributed by atoms with van der Waals surface area (Å²) in [6.07, 6.45) is 2.22. The molecule has 0 saturated carbocycles. The number of nitrogens with one attached hydrogen (secondary N) is 1. The summed E-state index contributed by atoms with van der Waals surface area (Å²) >= 11 is 0. The average molecular weight is 233 g/mol. The number of para-hydroxylation sites is 1. The number of ketones is 2. The number of carbonyl (C=O) groups is 2. The third-order valence-electron chi connectivity index (χ3n) is 2.49. The van der Waals surface area contributed by atoms with Gasteiger partial charge < -0.3 is 10.1 Å². The first-order valence-electron chi connectivity index (χ1n) is 5.98. The van der Waals surface area contributed by atoms with Crippen molar-refractivity contribution in [1.82, 2.24) is 0 Å². The van der Waals surface area contributed by atoms with E-state index >= 15 is 0 Å². The fourth-order valence-electron chi connectivity index (χ4n) is 1.56. The Kier molecular flexibility index (Phi) is 6.00. The summed E-state index contributed by atoms with van der Waals surface area (Å²) in [5.74, 6) is 0.370. The van der Waals surface area contributed by atoms with E-state index in [9.17, 15) is 9.59 Å². The second-order valence-corrected chi connectivity index (χ2v) is 4.14. The Morgan fingerprint density at radius 2 is 1.76 bits per heavy atom. The zero-order valence-corrected chi connectivity index (χ0v) is 10.2. The number of anilines is 1. The van der Waals surface area contributed by atoms with Crippen LogP contribution in [0.4, 0.5) is 5.69 Å². The van der Waals surface area contributed by atoms with Gasteiger partial charge in [0.1, 0.15) is 11.6 Å². The molecule has 0 unspecified atom stereocenters. The summed E-state index contributed by atoms with van der Waals surface area (Å²) in [5.41, 5.74) is 1.03. The van der Waals surface area contributed by atoms with Gasteiger partial charge in [-0.3, -0.25) is 4.79 Å². The van der Waals surface area contributed by atoms with Crippen molar-refractivity contribution in [1.29, 1.82) is 0 Å². The maximum Gasteiger partial charge on any atom is 0.134 e. The van der Waals surface area contributed by atoms with E-state index < -0.39 is 0 Å². The molecule has 0 radical (unpaired) electrons. The smallest absolute Gasteiger partial charge is 0.134 e. The molecule has 17 heavy (non-hydrogen) atoms. The zero-order valence-electron chi connectivity index (χ0n) is 10.2. The minimum atomic E-state index is 0.153. The van der Waals surface area contributed by atoms with E-state index in [0.717, 1.165) is 5.69 Å². The van der Waals surface area contributed by atoms with Crippen molar-refractivity contribution in [2.24, 2.45) is 0 Å². The first kappa shape index (κ1) is 13.4. The van der Waals surface area contributed by atoms with Gasteiger partial charge in [-0.05, 0) is 25.5 Å². The van der Waals surface area contributed by atoms with Crippen molar-refractivity contribution >= 4 is 17.3 Å². The molecule has 3 nitrogen and oxygen atoms in total. The monoisotopic (exact) mass is 233 g/mol. The van der Waals surface area contributed by atoms with Crippen molar-refractivity contribution in [3.8, 4) is 0 Å². The molecule has 0 saturated heterocycles. The highest BCUT2D eigenvalue weighted by Crippen LogP contribution is 2.05. The minimum absolute atomic E-state index is 0.153. The molecule has 1 N–H and O–H groups in total. The molecule has 0 bridgehead atoms. The first-order chi connectivity index (χ1) is 8.18. The molecule has 0 aliphatic carbocycles. The van der Waals surface area contributed by atoms with Crippen molar-refractivity contribution in [2.75, 3.05) is 11.9 Å². The van der Waals surface area contributed by atoms with E-state index in [1.54, 1.807) is 6.92 Å². The molecule has 0 spiro atoms. The van der Waals surface area contributed by atoms with E-state index in [2.05, 4.69) is 5.32 Å². The average Bonchev–Trinajstić information content (AvgIpc) is 2.30. The summed E-state index contributed by atoms with van der Waals surface area (Å²) in [6.45, 7) is 2.21. The Hall–Kier alpha value is -1.64. The molecule has 1 aromatic carbocycles. The minimum Gasteiger partial charge on any atom is -0.385 e. The van der Waals surface area contributed by atoms with Gasteiger partial charge in [0.2, 0.25) is 0 Å². The maximum absolute atomic E-state index is 11.5. The van der Waals surface area contributed by atoms with Gasteiger partial charge in [0.15, 0.2) is 0 Å². The SMILES string of the molecule is CC(=O)CCCC(=O)CCNc1ccccc1. The summed E-state index contributed by atoms with van der Waals surface area (Å²) in [5, 5.41) is 3.19. The van der Waals surface area contributed by atoms with Crippen LogP contribution in [-0.2, 0) is 9.59 Å². The van der Waals surface area contributed by atoms with Crippen LogP contribution >= 0.6 is 0 Å². The lowest BCUT2D eigenvalue weighted by molar-refractivity contribution is -0.119. The molecule has 1 rings (SSSR count). The molecular weight excluding hydrogens is 214 g/mol. The van der Waals surface area contributed by atoms with Crippen LogP contribution in [0.1, 0.15) is 32.6 Å². The van der Waals surface area contributed by atoms with E-state index in [-0.39, 0.29) is 11.6 Å². The lowest BCUT2D eigenvalue weighted by atomic mass is 10.1. The molecule has 0 aliphatic heterocycles. The van der Waals surface area contributed by atoms with Crippen LogP contribution in [0.3, 0.4) is 0 Å². The fraction of sp³-hybridized carbons (Fsp3) is 0.429. The van der Waals surface area contributed by atoms with E-state index in [1.165, 1.54) is 0 Å². The van der Waals surface area contributed by atoms with Crippen LogP contribution in [-0.4, -0.2) is 18.1 Å². The Morgan fingerprint density at radius 1 is 1.06 bits per heavy atom. The number of carbonyl (C=O) groups excluding carboxylic acids is 2. The van der Waals surface area contributed by atoms with Gasteiger partial charge in [0.25, 0.3) is 0 Å². The predicted octanol–water partition coefficient (Wildman–Crippen LogP) is 2.82. The number of hydrogen-bond acceptors (Lipinski definition) is 3. The molecule has 0 aliphatic rings. The Labute approximate surface area is 102 Å². The van der Waals surface area contributed by atoms with Gasteiger partial charge in [-0.25, -0.2) is 0 Å². The van der Waals surface area contributed by atoms with Crippen molar-refractivity contribution in [3.05, 3.63) is 30.3 Å². The number of benzene rings is 1. The zero-order chi connectivity index (χ0) is 12.5. The van der Waals surface area contributed by atoms with Crippen LogP contribution in [0.2, 0.25) is 0 Å².